The summed E-state index contributed by atoms with van der Waals surface area (Å²) in [6.45, 7) is 3.17. The molecule has 0 aromatic rings. The number of carbonyl (C=O) groups is 10. The number of hydrogen-bond acceptors (Lipinski definition) is 15. The van der Waals surface area contributed by atoms with E-state index in [0.717, 1.165) is 11.8 Å². The van der Waals surface area contributed by atoms with Crippen molar-refractivity contribution in [2.75, 3.05) is 45.8 Å². The molecule has 0 aromatic heterocycles. The lowest BCUT2D eigenvalue weighted by molar-refractivity contribution is -0.144. The maximum Gasteiger partial charge on any atom is 0.326 e. The number of nitrogens with zero attached hydrogens (tertiary/aromatic N) is 5. The first kappa shape index (κ1) is 62.4. The summed E-state index contributed by atoms with van der Waals surface area (Å²) in [6, 6.07) is -8.35. The third-order valence-corrected chi connectivity index (χ3v) is 10.7. The Morgan fingerprint density at radius 1 is 0.583 bits per heavy atom. The SMILES string of the molecule is CC(=O)O.CC(N)C(=O)N1CCCC1C(=O)NC(CCCN=C(N)N)C(=O)NC(C(=O)N1CCCC1C(=O)NCC(=O)NCC(=O)NC(CCCN=C(N)N)C(=O)NC(CCCN=C(N)N)C(=O)O)C(C)O. The van der Waals surface area contributed by atoms with Gasteiger partial charge in [-0.15, -0.1) is 0 Å². The summed E-state index contributed by atoms with van der Waals surface area (Å²) in [5, 5.41) is 42.5. The molecule has 0 saturated carbocycles. The van der Waals surface area contributed by atoms with Gasteiger partial charge in [-0.2, -0.15) is 0 Å². The van der Waals surface area contributed by atoms with Crippen LogP contribution in [0.4, 0.5) is 0 Å². The molecule has 2 aliphatic heterocycles. The van der Waals surface area contributed by atoms with Crippen LogP contribution < -0.4 is 72.0 Å². The number of hydrogen-bond donors (Lipinski definition) is 16. The molecule has 2 aliphatic rings. The van der Waals surface area contributed by atoms with E-state index in [0.29, 0.717) is 25.8 Å². The maximum absolute atomic E-state index is 13.9. The largest absolute Gasteiger partial charge is 0.481 e. The molecule has 72 heavy (non-hydrogen) atoms. The van der Waals surface area contributed by atoms with Gasteiger partial charge >= 0.3 is 5.97 Å². The summed E-state index contributed by atoms with van der Waals surface area (Å²) in [6.07, 6.45) is 0.436. The molecule has 0 aliphatic carbocycles. The van der Waals surface area contributed by atoms with Crippen LogP contribution in [-0.4, -0.2) is 196 Å². The van der Waals surface area contributed by atoms with Crippen molar-refractivity contribution in [1.29, 1.82) is 0 Å². The molecule has 406 valence electrons. The van der Waals surface area contributed by atoms with E-state index in [2.05, 4.69) is 46.9 Å². The third kappa shape index (κ3) is 23.8. The first-order valence-corrected chi connectivity index (χ1v) is 23.1. The number of nitrogens with two attached hydrogens (primary N) is 7. The van der Waals surface area contributed by atoms with Gasteiger partial charge in [0, 0.05) is 39.6 Å². The van der Waals surface area contributed by atoms with E-state index in [1.54, 1.807) is 0 Å². The fourth-order valence-corrected chi connectivity index (χ4v) is 7.31. The van der Waals surface area contributed by atoms with Crippen LogP contribution in [0.1, 0.15) is 85.0 Å². The summed E-state index contributed by atoms with van der Waals surface area (Å²) in [7, 11) is 0. The summed E-state index contributed by atoms with van der Waals surface area (Å²) < 4.78 is 0. The van der Waals surface area contributed by atoms with Crippen LogP contribution in [0.5, 0.6) is 0 Å². The van der Waals surface area contributed by atoms with E-state index in [4.69, 9.17) is 50.0 Å². The zero-order chi connectivity index (χ0) is 54.7. The van der Waals surface area contributed by atoms with E-state index in [1.807, 2.05) is 0 Å². The molecule has 23 N–H and O–H groups in total. The lowest BCUT2D eigenvalue weighted by Gasteiger charge is -2.31. The molecule has 8 amide bonds. The van der Waals surface area contributed by atoms with Crippen molar-refractivity contribution < 1.29 is 63.3 Å². The number of aliphatic carboxylic acids is 2. The fraction of sp³-hybridized carbons (Fsp3) is 0.683. The van der Waals surface area contributed by atoms with E-state index < -0.39 is 121 Å². The Labute approximate surface area is 415 Å². The molecule has 31 heteroatoms. The monoisotopic (exact) mass is 1030 g/mol. The molecule has 2 fully saturated rings. The number of guanidine groups is 3. The average Bonchev–Trinajstić information content (AvgIpc) is 4.00. The summed E-state index contributed by atoms with van der Waals surface area (Å²) in [4.78, 5) is 141. The number of carboxylic acids is 2. The predicted octanol–water partition coefficient (Wildman–Crippen LogP) is -7.80. The highest BCUT2D eigenvalue weighted by atomic mass is 16.4. The van der Waals surface area contributed by atoms with Crippen LogP contribution in [0.15, 0.2) is 15.0 Å². The van der Waals surface area contributed by atoms with Gasteiger partial charge in [-0.1, -0.05) is 0 Å². The minimum atomic E-state index is -1.58. The molecule has 0 bridgehead atoms. The lowest BCUT2D eigenvalue weighted by atomic mass is 10.1. The molecular formula is C41H74N18O13. The highest BCUT2D eigenvalue weighted by Gasteiger charge is 2.41. The van der Waals surface area contributed by atoms with Crippen molar-refractivity contribution in [3.8, 4) is 0 Å². The number of carbonyl (C=O) groups excluding carboxylic acids is 8. The Morgan fingerprint density at radius 3 is 1.44 bits per heavy atom. The molecule has 0 radical (unpaired) electrons. The quantitative estimate of drug-likeness (QED) is 0.0197. The van der Waals surface area contributed by atoms with Crippen molar-refractivity contribution in [2.45, 2.75) is 133 Å². The zero-order valence-corrected chi connectivity index (χ0v) is 40.8. The van der Waals surface area contributed by atoms with Gasteiger partial charge in [0.25, 0.3) is 5.97 Å². The number of aliphatic hydroxyl groups is 1. The van der Waals surface area contributed by atoms with Gasteiger partial charge < -0.3 is 97.2 Å². The molecule has 2 rings (SSSR count). The molecular weight excluding hydrogens is 953 g/mol. The van der Waals surface area contributed by atoms with Gasteiger partial charge in [0.2, 0.25) is 47.3 Å². The molecule has 8 atom stereocenters. The highest BCUT2D eigenvalue weighted by molar-refractivity contribution is 5.97. The van der Waals surface area contributed by atoms with Crippen LogP contribution >= 0.6 is 0 Å². The van der Waals surface area contributed by atoms with E-state index in [-0.39, 0.29) is 89.0 Å². The second kappa shape index (κ2) is 32.3. The summed E-state index contributed by atoms with van der Waals surface area (Å²) in [5.41, 5.74) is 37.9. The maximum atomic E-state index is 13.9. The molecule has 2 heterocycles. The summed E-state index contributed by atoms with van der Waals surface area (Å²) >= 11 is 0. The van der Waals surface area contributed by atoms with Crippen LogP contribution in [0.3, 0.4) is 0 Å². The molecule has 0 spiro atoms. The predicted molar refractivity (Wildman–Crippen MR) is 259 cm³/mol. The Bertz CT molecular complexity index is 1970. The Kier molecular flexibility index (Phi) is 28.0. The van der Waals surface area contributed by atoms with Crippen molar-refractivity contribution in [2.24, 2.45) is 55.1 Å². The van der Waals surface area contributed by atoms with Crippen LogP contribution in [0.2, 0.25) is 0 Å². The van der Waals surface area contributed by atoms with Gasteiger partial charge in [-0.25, -0.2) is 4.79 Å². The summed E-state index contributed by atoms with van der Waals surface area (Å²) in [5.74, 6) is -8.72. The van der Waals surface area contributed by atoms with E-state index >= 15 is 0 Å². The molecule has 0 aromatic carbocycles. The first-order valence-electron chi connectivity index (χ1n) is 23.1. The van der Waals surface area contributed by atoms with Crippen molar-refractivity contribution >= 4 is 77.1 Å². The normalized spacial score (nSPS) is 17.3. The number of amides is 8. The van der Waals surface area contributed by atoms with E-state index in [1.165, 1.54) is 18.7 Å². The lowest BCUT2D eigenvalue weighted by Crippen LogP contribution is -2.60. The Balaban J connectivity index is 0.00000623. The average molecular weight is 1030 g/mol. The molecule has 31 nitrogen and oxygen atoms in total. The van der Waals surface area contributed by atoms with Gasteiger partial charge in [-0.05, 0) is 78.1 Å². The fourth-order valence-electron chi connectivity index (χ4n) is 7.31. The van der Waals surface area contributed by atoms with Crippen molar-refractivity contribution in [3.63, 3.8) is 0 Å². The van der Waals surface area contributed by atoms with Gasteiger partial charge in [0.05, 0.1) is 25.2 Å². The standard InChI is InChI=1S/C39H70N18O11.C2H4O2/c1-20(40)34(65)56-16-7-12-26(56)33(64)53-23(9-4-14-48-38(43)44)31(62)55-29(21(2)58)35(66)57-17-6-11-25(57)32(63)51-18-27(59)50-19-28(60)52-22(8-3-13-47-37(41)42)30(61)54-24(36(67)68)10-5-15-49-39(45)46;1-2(3)4/h20-26,29,58H,3-19,40H2,1-2H3,(H,50,59)(H,51,63)(H,52,60)(H,53,64)(H,54,61)(H,55,62)(H,67,68)(H4,41,42,47)(H4,43,44,48)(H4,45,46,49);1H3,(H,3,4). The van der Waals surface area contributed by atoms with Gasteiger partial charge in [0.15, 0.2) is 17.9 Å². The van der Waals surface area contributed by atoms with Gasteiger partial charge in [-0.3, -0.25) is 58.1 Å². The molecule has 8 unspecified atom stereocenters. The number of rotatable bonds is 28. The topological polar surface area (TPSA) is 529 Å². The van der Waals surface area contributed by atoms with Crippen LogP contribution in [0.25, 0.3) is 0 Å². The number of likely N-dealkylation sites (tertiary alicyclic amines) is 2. The number of aliphatic imine (C=N–C) groups is 3. The van der Waals surface area contributed by atoms with E-state index in [9.17, 15) is 53.4 Å². The minimum absolute atomic E-state index is 0.00499. The first-order chi connectivity index (χ1) is 33.8. The smallest absolute Gasteiger partial charge is 0.326 e. The second-order valence-corrected chi connectivity index (χ2v) is 16.8. The molecule has 2 saturated heterocycles. The van der Waals surface area contributed by atoms with Crippen molar-refractivity contribution in [1.82, 2.24) is 41.7 Å². The van der Waals surface area contributed by atoms with Crippen molar-refractivity contribution in [3.05, 3.63) is 0 Å². The highest BCUT2D eigenvalue weighted by Crippen LogP contribution is 2.21. The Morgan fingerprint density at radius 2 is 1.00 bits per heavy atom. The van der Waals surface area contributed by atoms with Gasteiger partial charge in [0.1, 0.15) is 36.3 Å². The number of carboxylic acid groups (broad SMARTS) is 2. The Hall–Kier alpha value is -7.57. The zero-order valence-electron chi connectivity index (χ0n) is 40.8. The number of aliphatic hydroxyl groups excluding tert-OH is 1. The van der Waals surface area contributed by atoms with Crippen LogP contribution in [-0.2, 0) is 47.9 Å². The minimum Gasteiger partial charge on any atom is -0.481 e. The number of nitrogens with one attached hydrogen (secondary N) is 6. The third-order valence-electron chi connectivity index (χ3n) is 10.7. The second-order valence-electron chi connectivity index (χ2n) is 16.8. The van der Waals surface area contributed by atoms with Crippen LogP contribution in [0, 0.1) is 0 Å².